The third kappa shape index (κ3) is 5.23. The minimum atomic E-state index is -0.214. The molecule has 7 heteroatoms. The molecule has 5 nitrogen and oxygen atoms in total. The Morgan fingerprint density at radius 1 is 1.17 bits per heavy atom. The van der Waals surface area contributed by atoms with E-state index in [1.54, 1.807) is 23.5 Å². The van der Waals surface area contributed by atoms with Crippen LogP contribution in [-0.4, -0.2) is 54.5 Å². The van der Waals surface area contributed by atoms with Gasteiger partial charge in [0.05, 0.1) is 13.2 Å². The molecule has 0 radical (unpaired) electrons. The molecule has 0 saturated carbocycles. The molecule has 0 atom stereocenters. The van der Waals surface area contributed by atoms with Crippen molar-refractivity contribution in [3.8, 4) is 0 Å². The summed E-state index contributed by atoms with van der Waals surface area (Å²) in [5.74, 6) is -0.214. The molecule has 1 aliphatic rings. The summed E-state index contributed by atoms with van der Waals surface area (Å²) >= 11 is 1.56. The molecular formula is C16H21FN4OS. The maximum atomic E-state index is 12.9. The molecule has 1 saturated heterocycles. The zero-order chi connectivity index (χ0) is 15.9. The second kappa shape index (κ2) is 8.33. The molecule has 0 unspecified atom stereocenters. The zero-order valence-electron chi connectivity index (χ0n) is 13.0. The summed E-state index contributed by atoms with van der Waals surface area (Å²) in [6, 6.07) is 6.51. The van der Waals surface area contributed by atoms with Crippen molar-refractivity contribution in [2.75, 3.05) is 44.7 Å². The van der Waals surface area contributed by atoms with Crippen LogP contribution in [0.2, 0.25) is 0 Å². The predicted octanol–water partition coefficient (Wildman–Crippen LogP) is 2.40. The second-order valence-corrected chi connectivity index (χ2v) is 6.60. The molecule has 1 aromatic carbocycles. The number of benzene rings is 1. The molecule has 1 fully saturated rings. The maximum absolute atomic E-state index is 12.9. The Morgan fingerprint density at radius 3 is 2.74 bits per heavy atom. The van der Waals surface area contributed by atoms with E-state index in [1.807, 2.05) is 0 Å². The summed E-state index contributed by atoms with van der Waals surface area (Å²) in [6.07, 6.45) is 1.76. The van der Waals surface area contributed by atoms with E-state index in [0.29, 0.717) is 6.42 Å². The van der Waals surface area contributed by atoms with E-state index in [-0.39, 0.29) is 5.82 Å². The van der Waals surface area contributed by atoms with Crippen LogP contribution in [0.25, 0.3) is 0 Å². The van der Waals surface area contributed by atoms with Gasteiger partial charge < -0.3 is 10.1 Å². The lowest BCUT2D eigenvalue weighted by Gasteiger charge is -2.26. The molecule has 1 aromatic heterocycles. The number of morpholine rings is 1. The van der Waals surface area contributed by atoms with Gasteiger partial charge in [-0.3, -0.25) is 4.90 Å². The van der Waals surface area contributed by atoms with Crippen molar-refractivity contribution < 1.29 is 9.13 Å². The summed E-state index contributed by atoms with van der Waals surface area (Å²) in [5.41, 5.74) is 1.04. The number of hydrogen-bond donors (Lipinski definition) is 1. The predicted molar refractivity (Wildman–Crippen MR) is 89.5 cm³/mol. The van der Waals surface area contributed by atoms with E-state index in [4.69, 9.17) is 4.74 Å². The smallest absolute Gasteiger partial charge is 0.205 e. The third-order valence-electron chi connectivity index (χ3n) is 3.77. The minimum Gasteiger partial charge on any atom is -0.379 e. The fourth-order valence-electron chi connectivity index (χ4n) is 2.50. The van der Waals surface area contributed by atoms with Crippen molar-refractivity contribution >= 4 is 16.5 Å². The average molecular weight is 336 g/mol. The van der Waals surface area contributed by atoms with Gasteiger partial charge in [-0.15, -0.1) is 10.2 Å². The van der Waals surface area contributed by atoms with Crippen molar-refractivity contribution in [3.63, 3.8) is 0 Å². The van der Waals surface area contributed by atoms with Crippen LogP contribution in [0.3, 0.4) is 0 Å². The number of aromatic nitrogens is 2. The number of halogens is 1. The lowest BCUT2D eigenvalue weighted by Crippen LogP contribution is -2.37. The Bertz CT molecular complexity index is 598. The Morgan fingerprint density at radius 2 is 1.96 bits per heavy atom. The monoisotopic (exact) mass is 336 g/mol. The van der Waals surface area contributed by atoms with Gasteiger partial charge in [-0.05, 0) is 30.7 Å². The van der Waals surface area contributed by atoms with E-state index in [1.165, 1.54) is 12.1 Å². The molecule has 2 aromatic rings. The van der Waals surface area contributed by atoms with Crippen molar-refractivity contribution in [1.82, 2.24) is 15.1 Å². The van der Waals surface area contributed by atoms with Gasteiger partial charge in [0.2, 0.25) is 5.13 Å². The molecule has 0 spiro atoms. The summed E-state index contributed by atoms with van der Waals surface area (Å²) in [7, 11) is 0. The topological polar surface area (TPSA) is 50.3 Å². The number of rotatable bonds is 7. The Hall–Kier alpha value is -1.57. The molecular weight excluding hydrogens is 315 g/mol. The normalized spacial score (nSPS) is 15.7. The number of nitrogens with one attached hydrogen (secondary N) is 1. The highest BCUT2D eigenvalue weighted by atomic mass is 32.1. The van der Waals surface area contributed by atoms with Crippen LogP contribution in [0.15, 0.2) is 24.3 Å². The van der Waals surface area contributed by atoms with Crippen LogP contribution in [0.4, 0.5) is 9.52 Å². The van der Waals surface area contributed by atoms with Crippen LogP contribution in [0.5, 0.6) is 0 Å². The van der Waals surface area contributed by atoms with Gasteiger partial charge in [-0.1, -0.05) is 23.5 Å². The van der Waals surface area contributed by atoms with Gasteiger partial charge in [-0.25, -0.2) is 4.39 Å². The molecule has 0 amide bonds. The fourth-order valence-corrected chi connectivity index (χ4v) is 3.30. The second-order valence-electron chi connectivity index (χ2n) is 5.54. The summed E-state index contributed by atoms with van der Waals surface area (Å²) in [4.78, 5) is 2.42. The third-order valence-corrected chi connectivity index (χ3v) is 4.65. The van der Waals surface area contributed by atoms with Gasteiger partial charge in [0.1, 0.15) is 10.8 Å². The number of hydrogen-bond acceptors (Lipinski definition) is 6. The first kappa shape index (κ1) is 16.3. The van der Waals surface area contributed by atoms with Crippen molar-refractivity contribution in [2.24, 2.45) is 0 Å². The first-order chi connectivity index (χ1) is 11.3. The van der Waals surface area contributed by atoms with Gasteiger partial charge in [0.15, 0.2) is 0 Å². The molecule has 1 aliphatic heterocycles. The molecule has 0 aliphatic carbocycles. The molecule has 3 rings (SSSR count). The summed E-state index contributed by atoms with van der Waals surface area (Å²) < 4.78 is 18.2. The van der Waals surface area contributed by atoms with Crippen LogP contribution in [0, 0.1) is 5.82 Å². The van der Waals surface area contributed by atoms with E-state index in [0.717, 1.165) is 61.5 Å². The van der Waals surface area contributed by atoms with Gasteiger partial charge >= 0.3 is 0 Å². The molecule has 0 bridgehead atoms. The number of ether oxygens (including phenoxy) is 1. The molecule has 2 heterocycles. The molecule has 1 N–H and O–H groups in total. The fraction of sp³-hybridized carbons (Fsp3) is 0.500. The van der Waals surface area contributed by atoms with Crippen LogP contribution in [0.1, 0.15) is 17.0 Å². The first-order valence-electron chi connectivity index (χ1n) is 7.90. The maximum Gasteiger partial charge on any atom is 0.205 e. The first-order valence-corrected chi connectivity index (χ1v) is 8.72. The van der Waals surface area contributed by atoms with E-state index < -0.39 is 0 Å². The van der Waals surface area contributed by atoms with E-state index in [9.17, 15) is 4.39 Å². The SMILES string of the molecule is Fc1ccc(Cc2nnc(NCCCN3CCOCC3)s2)cc1. The lowest BCUT2D eigenvalue weighted by molar-refractivity contribution is 0.0378. The van der Waals surface area contributed by atoms with Crippen LogP contribution < -0.4 is 5.32 Å². The Balaban J connectivity index is 1.39. The van der Waals surface area contributed by atoms with Crippen molar-refractivity contribution in [3.05, 3.63) is 40.7 Å². The van der Waals surface area contributed by atoms with Crippen molar-refractivity contribution in [2.45, 2.75) is 12.8 Å². The summed E-state index contributed by atoms with van der Waals surface area (Å²) in [5, 5.41) is 13.5. The number of anilines is 1. The van der Waals surface area contributed by atoms with E-state index in [2.05, 4.69) is 20.4 Å². The Labute approximate surface area is 139 Å². The van der Waals surface area contributed by atoms with E-state index >= 15 is 0 Å². The minimum absolute atomic E-state index is 0.214. The molecule has 124 valence electrons. The summed E-state index contributed by atoms with van der Waals surface area (Å²) in [6.45, 7) is 5.72. The lowest BCUT2D eigenvalue weighted by atomic mass is 10.2. The van der Waals surface area contributed by atoms with Gasteiger partial charge in [0, 0.05) is 26.1 Å². The number of nitrogens with zero attached hydrogens (tertiary/aromatic N) is 3. The van der Waals surface area contributed by atoms with Crippen LogP contribution >= 0.6 is 11.3 Å². The highest BCUT2D eigenvalue weighted by Gasteiger charge is 2.09. The largest absolute Gasteiger partial charge is 0.379 e. The Kier molecular flexibility index (Phi) is 5.90. The quantitative estimate of drug-likeness (QED) is 0.787. The van der Waals surface area contributed by atoms with Gasteiger partial charge in [-0.2, -0.15) is 0 Å². The highest BCUT2D eigenvalue weighted by molar-refractivity contribution is 7.15. The van der Waals surface area contributed by atoms with Crippen LogP contribution in [-0.2, 0) is 11.2 Å². The highest BCUT2D eigenvalue weighted by Crippen LogP contribution is 2.18. The zero-order valence-corrected chi connectivity index (χ0v) is 13.8. The average Bonchev–Trinajstić information content (AvgIpc) is 3.02. The van der Waals surface area contributed by atoms with Gasteiger partial charge in [0.25, 0.3) is 0 Å². The molecule has 23 heavy (non-hydrogen) atoms. The standard InChI is InChI=1S/C16H21FN4OS/c17-14-4-2-13(3-5-14)12-15-19-20-16(23-15)18-6-1-7-21-8-10-22-11-9-21/h2-5H,1,6-12H2,(H,18,20). The van der Waals surface area contributed by atoms with Crippen molar-refractivity contribution in [1.29, 1.82) is 0 Å².